The summed E-state index contributed by atoms with van der Waals surface area (Å²) in [5.41, 5.74) is 3.37. The van der Waals surface area contributed by atoms with E-state index in [2.05, 4.69) is 20.9 Å². The van der Waals surface area contributed by atoms with Crippen molar-refractivity contribution in [2.75, 3.05) is 0 Å². The summed E-state index contributed by atoms with van der Waals surface area (Å²) in [5.74, 6) is 0. The summed E-state index contributed by atoms with van der Waals surface area (Å²) in [6.07, 6.45) is 0.682. The van der Waals surface area contributed by atoms with Crippen LogP contribution in [0.5, 0.6) is 0 Å². The predicted octanol–water partition coefficient (Wildman–Crippen LogP) is 6.16. The minimum atomic E-state index is -1.03. The summed E-state index contributed by atoms with van der Waals surface area (Å²) >= 11 is 9.88. The van der Waals surface area contributed by atoms with Crippen LogP contribution >= 0.6 is 27.5 Å². The Morgan fingerprint density at radius 2 is 2.09 bits per heavy atom. The maximum absolute atomic E-state index is 8.74. The van der Waals surface area contributed by atoms with Crippen LogP contribution in [0, 0.1) is 5.41 Å². The summed E-state index contributed by atoms with van der Waals surface area (Å²) in [7, 11) is 0. The highest BCUT2D eigenvalue weighted by atomic mass is 79.9. The van der Waals surface area contributed by atoms with Crippen molar-refractivity contribution in [3.05, 3.63) is 57.0 Å². The molecule has 1 aliphatic heterocycles. The van der Waals surface area contributed by atoms with Crippen LogP contribution in [-0.4, -0.2) is 12.2 Å². The lowest BCUT2D eigenvalue weighted by atomic mass is 9.81. The Hall–Kier alpha value is -1.12. The first-order valence-electron chi connectivity index (χ1n) is 8.26. The molecule has 22 heavy (non-hydrogen) atoms. The van der Waals surface area contributed by atoms with E-state index in [0.717, 1.165) is 26.7 Å². The first-order chi connectivity index (χ1) is 11.1. The number of hydrogen-bond acceptors (Lipinski definition) is 1. The molecule has 1 unspecified atom stereocenters. The van der Waals surface area contributed by atoms with Crippen LogP contribution < -0.4 is 0 Å². The lowest BCUT2D eigenvalue weighted by Gasteiger charge is -2.30. The number of benzene rings is 2. The van der Waals surface area contributed by atoms with Crippen molar-refractivity contribution in [1.82, 2.24) is 0 Å². The van der Waals surface area contributed by atoms with Gasteiger partial charge in [0, 0.05) is 16.2 Å². The third-order valence-corrected chi connectivity index (χ3v) is 5.20. The largest absolute Gasteiger partial charge is 0.288 e. The highest BCUT2D eigenvalue weighted by Crippen LogP contribution is 2.36. The van der Waals surface area contributed by atoms with E-state index in [1.807, 2.05) is 57.2 Å². The van der Waals surface area contributed by atoms with Gasteiger partial charge in [0.05, 0.1) is 13.8 Å². The standard InChI is InChI=1S/C19H19BrClN/c1-19(2,3)17-10-14-9-12(7-8-13(14)11-22-17)15-5-4-6-16(20)18(15)21/h4-9,11,17H,10H2,1-3H3/i11D,17D. The second-order valence-electron chi connectivity index (χ2n) is 6.57. The molecule has 0 spiro atoms. The van der Waals surface area contributed by atoms with Crippen molar-refractivity contribution in [3.63, 3.8) is 0 Å². The first kappa shape index (κ1) is 13.3. The van der Waals surface area contributed by atoms with E-state index < -0.39 is 6.02 Å². The fourth-order valence-electron chi connectivity index (χ4n) is 2.52. The molecular weight excluding hydrogens is 358 g/mol. The van der Waals surface area contributed by atoms with E-state index >= 15 is 0 Å². The maximum atomic E-state index is 8.74. The third-order valence-electron chi connectivity index (χ3n) is 3.90. The Balaban J connectivity index is 2.12. The molecule has 114 valence electrons. The molecular formula is C19H19BrClN. The summed E-state index contributed by atoms with van der Waals surface area (Å²) < 4.78 is 17.8. The number of rotatable bonds is 1. The number of nitrogens with zero attached hydrogens (tertiary/aromatic N) is 1. The summed E-state index contributed by atoms with van der Waals surface area (Å²) in [6.45, 7) is 5.99. The molecule has 0 radical (unpaired) electrons. The molecule has 0 amide bonds. The number of hydrogen-bond donors (Lipinski definition) is 0. The Morgan fingerprint density at radius 3 is 2.82 bits per heavy atom. The quantitative estimate of drug-likeness (QED) is 0.563. The molecule has 0 N–H and O–H groups in total. The molecule has 1 atom stereocenters. The van der Waals surface area contributed by atoms with E-state index in [-0.39, 0.29) is 11.6 Å². The molecule has 0 fully saturated rings. The van der Waals surface area contributed by atoms with Gasteiger partial charge in [-0.1, -0.05) is 62.7 Å². The molecule has 0 saturated carbocycles. The summed E-state index contributed by atoms with van der Waals surface area (Å²) in [4.78, 5) is 4.38. The van der Waals surface area contributed by atoms with Gasteiger partial charge >= 0.3 is 0 Å². The third kappa shape index (κ3) is 3.00. The fourth-order valence-corrected chi connectivity index (χ4v) is 3.13. The monoisotopic (exact) mass is 377 g/mol. The van der Waals surface area contributed by atoms with Gasteiger partial charge in [-0.15, -0.1) is 0 Å². The molecule has 2 aromatic rings. The molecule has 1 heterocycles. The summed E-state index contributed by atoms with van der Waals surface area (Å²) in [5, 5.41) is 0.668. The molecule has 0 aromatic heterocycles. The van der Waals surface area contributed by atoms with Gasteiger partial charge in [0.1, 0.15) is 0 Å². The molecule has 1 nitrogen and oxygen atoms in total. The number of halogens is 2. The van der Waals surface area contributed by atoms with E-state index in [1.54, 1.807) is 0 Å². The van der Waals surface area contributed by atoms with Crippen molar-refractivity contribution in [1.29, 1.82) is 0 Å². The normalized spacial score (nSPS) is 22.5. The topological polar surface area (TPSA) is 12.4 Å². The van der Waals surface area contributed by atoms with Crippen LogP contribution in [0.2, 0.25) is 5.02 Å². The van der Waals surface area contributed by atoms with Gasteiger partial charge in [0.25, 0.3) is 0 Å². The van der Waals surface area contributed by atoms with Gasteiger partial charge in [-0.3, -0.25) is 4.99 Å². The zero-order valence-electron chi connectivity index (χ0n) is 14.9. The van der Waals surface area contributed by atoms with Crippen LogP contribution in [-0.2, 0) is 6.42 Å². The summed E-state index contributed by atoms with van der Waals surface area (Å²) in [6, 6.07) is 10.7. The second-order valence-corrected chi connectivity index (χ2v) is 7.80. The van der Waals surface area contributed by atoms with E-state index in [4.69, 9.17) is 14.3 Å². The predicted molar refractivity (Wildman–Crippen MR) is 99.1 cm³/mol. The van der Waals surface area contributed by atoms with Gasteiger partial charge in [0.15, 0.2) is 0 Å². The smallest absolute Gasteiger partial charge is 0.0842 e. The Labute approximate surface area is 148 Å². The maximum Gasteiger partial charge on any atom is 0.0842 e. The average molecular weight is 379 g/mol. The lowest BCUT2D eigenvalue weighted by molar-refractivity contribution is 0.319. The van der Waals surface area contributed by atoms with Gasteiger partial charge in [-0.05, 0) is 50.5 Å². The average Bonchev–Trinajstić information content (AvgIpc) is 2.48. The van der Waals surface area contributed by atoms with Crippen molar-refractivity contribution in [2.45, 2.75) is 33.2 Å². The van der Waals surface area contributed by atoms with Crippen molar-refractivity contribution in [3.8, 4) is 11.1 Å². The molecule has 0 bridgehead atoms. The number of aliphatic imine (C=N–C) groups is 1. The molecule has 0 aliphatic carbocycles. The van der Waals surface area contributed by atoms with Gasteiger partial charge < -0.3 is 0 Å². The Bertz CT molecular complexity index is 842. The molecule has 1 aliphatic rings. The van der Waals surface area contributed by atoms with Crippen LogP contribution in [0.1, 0.15) is 34.6 Å². The zero-order valence-corrected chi connectivity index (χ0v) is 15.2. The van der Waals surface area contributed by atoms with Crippen molar-refractivity contribution in [2.24, 2.45) is 10.4 Å². The molecule has 3 rings (SSSR count). The van der Waals surface area contributed by atoms with Gasteiger partial charge in [-0.2, -0.15) is 0 Å². The first-order valence-corrected chi connectivity index (χ1v) is 8.44. The molecule has 3 heteroatoms. The van der Waals surface area contributed by atoms with Crippen LogP contribution in [0.4, 0.5) is 0 Å². The Kier molecular flexibility index (Phi) is 3.53. The highest BCUT2D eigenvalue weighted by Gasteiger charge is 2.27. The minimum Gasteiger partial charge on any atom is -0.288 e. The Morgan fingerprint density at radius 1 is 1.32 bits per heavy atom. The lowest BCUT2D eigenvalue weighted by Crippen LogP contribution is -2.29. The van der Waals surface area contributed by atoms with E-state index in [9.17, 15) is 0 Å². The SMILES string of the molecule is [2H]C1=NC([2H])(C(C)(C)C)Cc2cc(-c3cccc(Br)c3Cl)ccc21. The van der Waals surface area contributed by atoms with Crippen molar-refractivity contribution < 1.29 is 2.74 Å². The molecule has 0 saturated heterocycles. The van der Waals surface area contributed by atoms with E-state index in [0.29, 0.717) is 11.4 Å². The van der Waals surface area contributed by atoms with Crippen LogP contribution in [0.15, 0.2) is 45.9 Å². The van der Waals surface area contributed by atoms with Crippen molar-refractivity contribution >= 4 is 33.7 Å². The van der Waals surface area contributed by atoms with Gasteiger partial charge in [-0.25, -0.2) is 0 Å². The van der Waals surface area contributed by atoms with Crippen LogP contribution in [0.3, 0.4) is 0 Å². The second kappa shape index (κ2) is 5.82. The van der Waals surface area contributed by atoms with E-state index in [1.165, 1.54) is 0 Å². The number of fused-ring (bicyclic) bond motifs is 1. The van der Waals surface area contributed by atoms with Gasteiger partial charge in [0.2, 0.25) is 0 Å². The van der Waals surface area contributed by atoms with Crippen LogP contribution in [0.25, 0.3) is 11.1 Å². The zero-order chi connectivity index (χ0) is 17.7. The minimum absolute atomic E-state index is 0.188. The highest BCUT2D eigenvalue weighted by molar-refractivity contribution is 9.10. The molecule has 2 aromatic carbocycles. The fraction of sp³-hybridized carbons (Fsp3) is 0.316.